The number of nitrogens with one attached hydrogen (secondary N) is 1. The molecule has 0 aromatic heterocycles. The summed E-state index contributed by atoms with van der Waals surface area (Å²) >= 11 is 5.95. The van der Waals surface area contributed by atoms with Crippen molar-refractivity contribution in [2.75, 3.05) is 0 Å². The van der Waals surface area contributed by atoms with Crippen molar-refractivity contribution in [3.63, 3.8) is 0 Å². The number of amides is 1. The Balaban J connectivity index is 1.40. The Bertz CT molecular complexity index is 892. The maximum absolute atomic E-state index is 12.6. The molecule has 2 aliphatic carbocycles. The van der Waals surface area contributed by atoms with Crippen molar-refractivity contribution in [2.45, 2.75) is 38.1 Å². The van der Waals surface area contributed by atoms with Crippen LogP contribution in [0.4, 0.5) is 0 Å². The molecule has 0 radical (unpaired) electrons. The Labute approximate surface area is 168 Å². The van der Waals surface area contributed by atoms with Crippen molar-refractivity contribution in [1.82, 2.24) is 5.32 Å². The lowest BCUT2D eigenvalue weighted by atomic mass is 9.75. The highest BCUT2D eigenvalue weighted by Crippen LogP contribution is 2.57. The molecular weight excluding hydrogens is 378 g/mol. The van der Waals surface area contributed by atoms with E-state index in [-0.39, 0.29) is 17.4 Å². The summed E-state index contributed by atoms with van der Waals surface area (Å²) in [5.41, 5.74) is 0.707. The van der Waals surface area contributed by atoms with Crippen molar-refractivity contribution in [3.05, 3.63) is 59.1 Å². The summed E-state index contributed by atoms with van der Waals surface area (Å²) in [4.78, 5) is 24.3. The third kappa shape index (κ3) is 4.14. The summed E-state index contributed by atoms with van der Waals surface area (Å²) in [6.07, 6.45) is 4.61. The maximum atomic E-state index is 12.6. The van der Waals surface area contributed by atoms with Crippen LogP contribution in [0.3, 0.4) is 0 Å². The number of hydrogen-bond donors (Lipinski definition) is 2. The van der Waals surface area contributed by atoms with E-state index in [0.29, 0.717) is 28.5 Å². The maximum Gasteiger partial charge on any atom is 0.308 e. The summed E-state index contributed by atoms with van der Waals surface area (Å²) in [6.45, 7) is 0. The molecule has 4 rings (SSSR count). The largest absolute Gasteiger partial charge is 0.481 e. The van der Waals surface area contributed by atoms with Crippen molar-refractivity contribution < 1.29 is 19.4 Å². The summed E-state index contributed by atoms with van der Waals surface area (Å²) in [5, 5.41) is 13.1. The Morgan fingerprint density at radius 1 is 1.07 bits per heavy atom. The summed E-state index contributed by atoms with van der Waals surface area (Å²) in [5.74, 6) is -0.370. The van der Waals surface area contributed by atoms with Crippen LogP contribution in [0, 0.1) is 11.3 Å². The first-order chi connectivity index (χ1) is 13.4. The van der Waals surface area contributed by atoms with Crippen molar-refractivity contribution in [3.8, 4) is 11.5 Å². The molecular formula is C22H22ClNO4. The highest BCUT2D eigenvalue weighted by Gasteiger charge is 2.50. The van der Waals surface area contributed by atoms with Gasteiger partial charge < -0.3 is 15.2 Å². The third-order valence-corrected chi connectivity index (χ3v) is 6.10. The van der Waals surface area contributed by atoms with E-state index in [1.165, 1.54) is 0 Å². The molecule has 2 fully saturated rings. The zero-order valence-electron chi connectivity index (χ0n) is 15.4. The lowest BCUT2D eigenvalue weighted by molar-refractivity contribution is -0.144. The number of ether oxygens (including phenoxy) is 1. The number of carboxylic acids is 1. The Kier molecular flexibility index (Phi) is 5.02. The first kappa shape index (κ1) is 18.8. The number of hydrogen-bond acceptors (Lipinski definition) is 3. The van der Waals surface area contributed by atoms with Crippen LogP contribution in [0.1, 0.15) is 42.5 Å². The molecule has 146 valence electrons. The minimum atomic E-state index is -0.818. The van der Waals surface area contributed by atoms with Crippen molar-refractivity contribution in [2.24, 2.45) is 11.3 Å². The molecule has 0 bridgehead atoms. The molecule has 1 amide bonds. The second-order valence-corrected chi connectivity index (χ2v) is 8.29. The molecule has 2 aromatic rings. The third-order valence-electron chi connectivity index (χ3n) is 5.86. The molecule has 2 aliphatic rings. The SMILES string of the molecule is O=C(N[C@H]1CCC2(CC2)C[C@H]1C(=O)O)c1ccc(Oc2cccc(Cl)c2)cc1. The van der Waals surface area contributed by atoms with Gasteiger partial charge in [0.25, 0.3) is 5.91 Å². The van der Waals surface area contributed by atoms with E-state index in [2.05, 4.69) is 5.32 Å². The molecule has 0 saturated heterocycles. The highest BCUT2D eigenvalue weighted by atomic mass is 35.5. The zero-order chi connectivity index (χ0) is 19.7. The second kappa shape index (κ2) is 7.47. The van der Waals surface area contributed by atoms with Crippen LogP contribution in [0.25, 0.3) is 0 Å². The number of carbonyl (C=O) groups excluding carboxylic acids is 1. The molecule has 0 unspecified atom stereocenters. The minimum absolute atomic E-state index is 0.226. The molecule has 5 nitrogen and oxygen atoms in total. The number of halogens is 1. The Morgan fingerprint density at radius 3 is 2.46 bits per heavy atom. The van der Waals surface area contributed by atoms with Gasteiger partial charge in [0, 0.05) is 16.6 Å². The lowest BCUT2D eigenvalue weighted by Crippen LogP contribution is -2.47. The molecule has 2 saturated carbocycles. The van der Waals surface area contributed by atoms with Crippen LogP contribution in [-0.4, -0.2) is 23.0 Å². The van der Waals surface area contributed by atoms with Crippen LogP contribution < -0.4 is 10.1 Å². The first-order valence-electron chi connectivity index (χ1n) is 9.51. The van der Waals surface area contributed by atoms with Crippen LogP contribution in [-0.2, 0) is 4.79 Å². The molecule has 0 aliphatic heterocycles. The smallest absolute Gasteiger partial charge is 0.308 e. The molecule has 0 heterocycles. The monoisotopic (exact) mass is 399 g/mol. The van der Waals surface area contributed by atoms with Gasteiger partial charge in [-0.3, -0.25) is 9.59 Å². The number of rotatable bonds is 5. The van der Waals surface area contributed by atoms with Crippen molar-refractivity contribution >= 4 is 23.5 Å². The predicted molar refractivity (Wildman–Crippen MR) is 106 cm³/mol. The quantitative estimate of drug-likeness (QED) is 0.750. The zero-order valence-corrected chi connectivity index (χ0v) is 16.1. The Morgan fingerprint density at radius 2 is 1.82 bits per heavy atom. The van der Waals surface area contributed by atoms with E-state index in [9.17, 15) is 14.7 Å². The van der Waals surface area contributed by atoms with Gasteiger partial charge in [-0.05, 0) is 80.0 Å². The second-order valence-electron chi connectivity index (χ2n) is 7.85. The number of aliphatic carboxylic acids is 1. The number of carboxylic acid groups (broad SMARTS) is 1. The van der Waals surface area contributed by atoms with Gasteiger partial charge in [0.1, 0.15) is 11.5 Å². The van der Waals surface area contributed by atoms with Crippen LogP contribution >= 0.6 is 11.6 Å². The van der Waals surface area contributed by atoms with Gasteiger partial charge in [0.15, 0.2) is 0 Å². The van der Waals surface area contributed by atoms with Gasteiger partial charge in [0.2, 0.25) is 0 Å². The summed E-state index contributed by atoms with van der Waals surface area (Å²) in [6, 6.07) is 13.5. The standard InChI is InChI=1S/C22H22ClNO4/c23-15-2-1-3-17(12-15)28-16-6-4-14(5-7-16)20(25)24-19-8-9-22(10-11-22)13-18(19)21(26)27/h1-7,12,18-19H,8-11,13H2,(H,24,25)(H,26,27)/t18-,19+/m1/s1. The number of carbonyl (C=O) groups is 2. The highest BCUT2D eigenvalue weighted by molar-refractivity contribution is 6.30. The van der Waals surface area contributed by atoms with Gasteiger partial charge in [-0.1, -0.05) is 17.7 Å². The topological polar surface area (TPSA) is 75.6 Å². The fourth-order valence-electron chi connectivity index (χ4n) is 4.03. The summed E-state index contributed by atoms with van der Waals surface area (Å²) < 4.78 is 5.73. The van der Waals surface area contributed by atoms with Crippen LogP contribution in [0.15, 0.2) is 48.5 Å². The Hall–Kier alpha value is -2.53. The van der Waals surface area contributed by atoms with E-state index in [1.54, 1.807) is 48.5 Å². The average Bonchev–Trinajstić information content (AvgIpc) is 3.43. The van der Waals surface area contributed by atoms with Gasteiger partial charge in [-0.15, -0.1) is 0 Å². The molecule has 1 spiro atoms. The van der Waals surface area contributed by atoms with Crippen molar-refractivity contribution in [1.29, 1.82) is 0 Å². The van der Waals surface area contributed by atoms with E-state index in [1.807, 2.05) is 0 Å². The predicted octanol–water partition coefficient (Wildman–Crippen LogP) is 4.90. The first-order valence-corrected chi connectivity index (χ1v) is 9.89. The minimum Gasteiger partial charge on any atom is -0.481 e. The molecule has 28 heavy (non-hydrogen) atoms. The van der Waals surface area contributed by atoms with E-state index in [0.717, 1.165) is 25.7 Å². The fourth-order valence-corrected chi connectivity index (χ4v) is 4.21. The van der Waals surface area contributed by atoms with Gasteiger partial charge >= 0.3 is 5.97 Å². The van der Waals surface area contributed by atoms with Gasteiger partial charge in [-0.2, -0.15) is 0 Å². The summed E-state index contributed by atoms with van der Waals surface area (Å²) in [7, 11) is 0. The molecule has 2 N–H and O–H groups in total. The number of benzene rings is 2. The molecule has 2 atom stereocenters. The lowest BCUT2D eigenvalue weighted by Gasteiger charge is -2.34. The van der Waals surface area contributed by atoms with Gasteiger partial charge in [-0.25, -0.2) is 0 Å². The van der Waals surface area contributed by atoms with E-state index in [4.69, 9.17) is 16.3 Å². The molecule has 2 aromatic carbocycles. The van der Waals surface area contributed by atoms with E-state index < -0.39 is 11.9 Å². The van der Waals surface area contributed by atoms with Crippen LogP contribution in [0.5, 0.6) is 11.5 Å². The van der Waals surface area contributed by atoms with Crippen LogP contribution in [0.2, 0.25) is 5.02 Å². The normalized spacial score (nSPS) is 22.5. The van der Waals surface area contributed by atoms with Gasteiger partial charge in [0.05, 0.1) is 5.92 Å². The average molecular weight is 400 g/mol. The van der Waals surface area contributed by atoms with E-state index >= 15 is 0 Å². The molecule has 6 heteroatoms. The fraction of sp³-hybridized carbons (Fsp3) is 0.364.